The van der Waals surface area contributed by atoms with Crippen LogP contribution in [0.4, 0.5) is 5.69 Å². The van der Waals surface area contributed by atoms with E-state index in [2.05, 4.69) is 10.2 Å². The standard InChI is InChI=1S/C23H28N2O4S/c1-15-7-5-6-8-19(15)24-22(26)14-28-20-10-9-18(11-21(20)27-4)23(30)25-12-16(2)29-17(3)13-25/h5-11,16-17H,12-14H2,1-4H3,(H,24,26)/t16-,17-/m1/s1. The van der Waals surface area contributed by atoms with E-state index >= 15 is 0 Å². The third kappa shape index (κ3) is 5.49. The topological polar surface area (TPSA) is 60.0 Å². The van der Waals surface area contributed by atoms with Crippen LogP contribution in [0.5, 0.6) is 11.5 Å². The van der Waals surface area contributed by atoms with Crippen molar-refractivity contribution < 1.29 is 19.0 Å². The van der Waals surface area contributed by atoms with Crippen molar-refractivity contribution in [1.29, 1.82) is 0 Å². The number of anilines is 1. The second kappa shape index (κ2) is 9.91. The van der Waals surface area contributed by atoms with E-state index < -0.39 is 0 Å². The first-order chi connectivity index (χ1) is 14.4. The van der Waals surface area contributed by atoms with E-state index in [4.69, 9.17) is 26.4 Å². The quantitative estimate of drug-likeness (QED) is 0.706. The largest absolute Gasteiger partial charge is 0.493 e. The number of hydrogen-bond donors (Lipinski definition) is 1. The van der Waals surface area contributed by atoms with Crippen LogP contribution in [0.25, 0.3) is 0 Å². The Hall–Kier alpha value is -2.64. The second-order valence-corrected chi connectivity index (χ2v) is 7.87. The molecule has 2 aromatic carbocycles. The number of amides is 1. The summed E-state index contributed by atoms with van der Waals surface area (Å²) in [6, 6.07) is 13.1. The molecule has 0 unspecified atom stereocenters. The molecule has 1 aliphatic heterocycles. The Morgan fingerprint density at radius 3 is 2.53 bits per heavy atom. The van der Waals surface area contributed by atoms with Crippen LogP contribution in [0.3, 0.4) is 0 Å². The van der Waals surface area contributed by atoms with Gasteiger partial charge in [0.15, 0.2) is 18.1 Å². The lowest BCUT2D eigenvalue weighted by molar-refractivity contribution is -0.118. The lowest BCUT2D eigenvalue weighted by Crippen LogP contribution is -2.47. The number of thiocarbonyl (C=S) groups is 1. The predicted molar refractivity (Wildman–Crippen MR) is 122 cm³/mol. The van der Waals surface area contributed by atoms with E-state index in [1.807, 2.05) is 57.2 Å². The molecule has 2 aromatic rings. The van der Waals surface area contributed by atoms with Gasteiger partial charge in [-0.15, -0.1) is 0 Å². The van der Waals surface area contributed by atoms with Crippen LogP contribution in [0.2, 0.25) is 0 Å². The van der Waals surface area contributed by atoms with Crippen LogP contribution >= 0.6 is 12.2 Å². The first kappa shape index (κ1) is 22.1. The second-order valence-electron chi connectivity index (χ2n) is 7.48. The van der Waals surface area contributed by atoms with Crippen LogP contribution in [-0.2, 0) is 9.53 Å². The third-order valence-electron chi connectivity index (χ3n) is 4.90. The first-order valence-corrected chi connectivity index (χ1v) is 10.4. The van der Waals surface area contributed by atoms with Crippen LogP contribution < -0.4 is 14.8 Å². The number of para-hydroxylation sites is 1. The van der Waals surface area contributed by atoms with Gasteiger partial charge in [0.05, 0.1) is 19.3 Å². The maximum Gasteiger partial charge on any atom is 0.262 e. The summed E-state index contributed by atoms with van der Waals surface area (Å²) in [4.78, 5) is 15.2. The Bertz CT molecular complexity index is 908. The summed E-state index contributed by atoms with van der Waals surface area (Å²) in [7, 11) is 1.57. The summed E-state index contributed by atoms with van der Waals surface area (Å²) < 4.78 is 17.0. The SMILES string of the molecule is COc1cc(C(=S)N2C[C@@H](C)O[C@H](C)C2)ccc1OCC(=O)Nc1ccccc1C. The highest BCUT2D eigenvalue weighted by Gasteiger charge is 2.25. The molecule has 3 rings (SSSR count). The highest BCUT2D eigenvalue weighted by Crippen LogP contribution is 2.29. The molecule has 1 saturated heterocycles. The molecular formula is C23H28N2O4S. The average Bonchev–Trinajstić information content (AvgIpc) is 2.72. The number of nitrogens with one attached hydrogen (secondary N) is 1. The fourth-order valence-electron chi connectivity index (χ4n) is 3.49. The van der Waals surface area contributed by atoms with Crippen LogP contribution in [0.15, 0.2) is 42.5 Å². The van der Waals surface area contributed by atoms with Gasteiger partial charge in [-0.3, -0.25) is 4.79 Å². The molecule has 160 valence electrons. The Kier molecular flexibility index (Phi) is 7.29. The molecule has 1 heterocycles. The van der Waals surface area contributed by atoms with Crippen molar-refractivity contribution >= 4 is 28.8 Å². The van der Waals surface area contributed by atoms with Crippen molar-refractivity contribution in [2.45, 2.75) is 33.0 Å². The van der Waals surface area contributed by atoms with Gasteiger partial charge < -0.3 is 24.4 Å². The molecule has 30 heavy (non-hydrogen) atoms. The Labute approximate surface area is 183 Å². The number of morpholine rings is 1. The number of nitrogens with zero attached hydrogens (tertiary/aromatic N) is 1. The van der Waals surface area contributed by atoms with Gasteiger partial charge in [0, 0.05) is 24.3 Å². The lowest BCUT2D eigenvalue weighted by atomic mass is 10.1. The molecule has 0 saturated carbocycles. The number of benzene rings is 2. The first-order valence-electron chi connectivity index (χ1n) is 9.98. The molecule has 2 atom stereocenters. The number of aryl methyl sites for hydroxylation is 1. The van der Waals surface area contributed by atoms with Crippen molar-refractivity contribution in [2.75, 3.05) is 32.1 Å². The van der Waals surface area contributed by atoms with Crippen LogP contribution in [-0.4, -0.2) is 54.8 Å². The molecule has 1 amide bonds. The summed E-state index contributed by atoms with van der Waals surface area (Å²) in [5, 5.41) is 2.85. The normalized spacial score (nSPS) is 18.6. The molecule has 0 aliphatic carbocycles. The van der Waals surface area contributed by atoms with Crippen molar-refractivity contribution in [3.8, 4) is 11.5 Å². The van der Waals surface area contributed by atoms with Gasteiger partial charge in [-0.05, 0) is 50.6 Å². The van der Waals surface area contributed by atoms with Crippen LogP contribution in [0, 0.1) is 6.92 Å². The van der Waals surface area contributed by atoms with E-state index in [0.29, 0.717) is 11.5 Å². The van der Waals surface area contributed by atoms with Crippen molar-refractivity contribution in [3.63, 3.8) is 0 Å². The zero-order valence-corrected chi connectivity index (χ0v) is 18.6. The molecule has 0 bridgehead atoms. The predicted octanol–water partition coefficient (Wildman–Crippen LogP) is 3.81. The maximum atomic E-state index is 12.3. The summed E-state index contributed by atoms with van der Waals surface area (Å²) in [5.74, 6) is 0.794. The number of carbonyl (C=O) groups is 1. The molecule has 0 spiro atoms. The Balaban J connectivity index is 1.64. The number of hydrogen-bond acceptors (Lipinski definition) is 5. The van der Waals surface area contributed by atoms with Gasteiger partial charge >= 0.3 is 0 Å². The number of carbonyl (C=O) groups excluding carboxylic acids is 1. The van der Waals surface area contributed by atoms with E-state index in [-0.39, 0.29) is 24.7 Å². The minimum absolute atomic E-state index is 0.118. The summed E-state index contributed by atoms with van der Waals surface area (Å²) in [6.07, 6.45) is 0.255. The molecule has 1 N–H and O–H groups in total. The molecule has 6 nitrogen and oxygen atoms in total. The number of ether oxygens (including phenoxy) is 3. The van der Waals surface area contributed by atoms with Gasteiger partial charge in [0.25, 0.3) is 5.91 Å². The number of rotatable bonds is 6. The van der Waals surface area contributed by atoms with Gasteiger partial charge in [0.1, 0.15) is 4.99 Å². The molecular weight excluding hydrogens is 400 g/mol. The highest BCUT2D eigenvalue weighted by atomic mass is 32.1. The van der Waals surface area contributed by atoms with Crippen molar-refractivity contribution in [3.05, 3.63) is 53.6 Å². The molecule has 1 aliphatic rings. The lowest BCUT2D eigenvalue weighted by Gasteiger charge is -2.37. The number of methoxy groups -OCH3 is 1. The van der Waals surface area contributed by atoms with Crippen LogP contribution in [0.1, 0.15) is 25.0 Å². The van der Waals surface area contributed by atoms with E-state index in [0.717, 1.165) is 34.9 Å². The zero-order chi connectivity index (χ0) is 21.7. The summed E-state index contributed by atoms with van der Waals surface area (Å²) in [6.45, 7) is 7.42. The third-order valence-corrected chi connectivity index (χ3v) is 5.39. The smallest absolute Gasteiger partial charge is 0.262 e. The average molecular weight is 429 g/mol. The fraction of sp³-hybridized carbons (Fsp3) is 0.391. The monoisotopic (exact) mass is 428 g/mol. The van der Waals surface area contributed by atoms with E-state index in [9.17, 15) is 4.79 Å². The van der Waals surface area contributed by atoms with Gasteiger partial charge in [-0.2, -0.15) is 0 Å². The van der Waals surface area contributed by atoms with Crippen molar-refractivity contribution in [2.24, 2.45) is 0 Å². The molecule has 0 aromatic heterocycles. The van der Waals surface area contributed by atoms with Gasteiger partial charge in [0.2, 0.25) is 0 Å². The Morgan fingerprint density at radius 1 is 1.17 bits per heavy atom. The minimum Gasteiger partial charge on any atom is -0.493 e. The minimum atomic E-state index is -0.234. The zero-order valence-electron chi connectivity index (χ0n) is 17.8. The van der Waals surface area contributed by atoms with Gasteiger partial charge in [-0.1, -0.05) is 30.4 Å². The highest BCUT2D eigenvalue weighted by molar-refractivity contribution is 7.80. The molecule has 1 fully saturated rings. The van der Waals surface area contributed by atoms with Gasteiger partial charge in [-0.25, -0.2) is 0 Å². The van der Waals surface area contributed by atoms with Crippen molar-refractivity contribution in [1.82, 2.24) is 4.90 Å². The molecule has 7 heteroatoms. The van der Waals surface area contributed by atoms with E-state index in [1.54, 1.807) is 13.2 Å². The summed E-state index contributed by atoms with van der Waals surface area (Å²) >= 11 is 5.70. The summed E-state index contributed by atoms with van der Waals surface area (Å²) in [5.41, 5.74) is 2.64. The fourth-order valence-corrected chi connectivity index (χ4v) is 3.76. The Morgan fingerprint density at radius 2 is 1.87 bits per heavy atom. The molecule has 0 radical (unpaired) electrons. The maximum absolute atomic E-state index is 12.3. The van der Waals surface area contributed by atoms with E-state index in [1.165, 1.54) is 0 Å².